The smallest absolute Gasteiger partial charge is 0.0457 e. The summed E-state index contributed by atoms with van der Waals surface area (Å²) in [5.74, 6) is 0.372. The highest BCUT2D eigenvalue weighted by Gasteiger charge is 2.21. The van der Waals surface area contributed by atoms with E-state index in [1.54, 1.807) is 0 Å². The highest BCUT2D eigenvalue weighted by atomic mass is 15.1. The third-order valence-corrected chi connectivity index (χ3v) is 5.53. The largest absolute Gasteiger partial charge is 0.361 e. The van der Waals surface area contributed by atoms with Gasteiger partial charge in [-0.15, -0.1) is 0 Å². The molecular formula is C22H27N3. The first-order chi connectivity index (χ1) is 12.3. The lowest BCUT2D eigenvalue weighted by molar-refractivity contribution is 0.234. The molecule has 3 heteroatoms. The molecule has 0 spiro atoms. The summed E-state index contributed by atoms with van der Waals surface area (Å²) in [7, 11) is 2.22. The molecule has 0 amide bonds. The molecule has 2 heterocycles. The minimum atomic E-state index is 0.372. The summed E-state index contributed by atoms with van der Waals surface area (Å²) in [5.41, 5.74) is 3.99. The van der Waals surface area contributed by atoms with Crippen molar-refractivity contribution in [3.8, 4) is 0 Å². The van der Waals surface area contributed by atoms with E-state index in [1.165, 1.54) is 48.0 Å². The molecule has 4 rings (SSSR count). The Morgan fingerprint density at radius 3 is 2.56 bits per heavy atom. The second-order valence-electron chi connectivity index (χ2n) is 7.24. The molecule has 0 aliphatic carbocycles. The van der Waals surface area contributed by atoms with Crippen LogP contribution in [0.15, 0.2) is 60.8 Å². The summed E-state index contributed by atoms with van der Waals surface area (Å²) >= 11 is 0. The normalized spacial score (nSPS) is 17.8. The van der Waals surface area contributed by atoms with E-state index in [0.29, 0.717) is 12.0 Å². The van der Waals surface area contributed by atoms with Gasteiger partial charge in [-0.2, -0.15) is 0 Å². The van der Waals surface area contributed by atoms with E-state index in [-0.39, 0.29) is 0 Å². The fourth-order valence-electron chi connectivity index (χ4n) is 3.97. The van der Waals surface area contributed by atoms with Crippen molar-refractivity contribution in [2.75, 3.05) is 26.7 Å². The zero-order valence-electron chi connectivity index (χ0n) is 14.9. The highest BCUT2D eigenvalue weighted by molar-refractivity contribution is 5.84. The van der Waals surface area contributed by atoms with Gasteiger partial charge in [-0.25, -0.2) is 0 Å². The Morgan fingerprint density at radius 2 is 1.76 bits per heavy atom. The van der Waals surface area contributed by atoms with Gasteiger partial charge >= 0.3 is 0 Å². The lowest BCUT2D eigenvalue weighted by Gasteiger charge is -2.31. The van der Waals surface area contributed by atoms with E-state index in [0.717, 1.165) is 6.54 Å². The monoisotopic (exact) mass is 333 g/mol. The van der Waals surface area contributed by atoms with Crippen LogP contribution in [0, 0.1) is 0 Å². The van der Waals surface area contributed by atoms with Crippen LogP contribution in [-0.4, -0.2) is 42.6 Å². The molecule has 2 aromatic carbocycles. The average Bonchev–Trinajstić information content (AvgIpc) is 3.08. The lowest BCUT2D eigenvalue weighted by atomic mass is 9.90. The van der Waals surface area contributed by atoms with Gasteiger partial charge in [-0.1, -0.05) is 48.5 Å². The topological polar surface area (TPSA) is 31.1 Å². The van der Waals surface area contributed by atoms with Gasteiger partial charge in [0.25, 0.3) is 0 Å². The number of para-hydroxylation sites is 1. The van der Waals surface area contributed by atoms with Crippen LogP contribution in [0.3, 0.4) is 0 Å². The number of aromatic amines is 1. The number of benzene rings is 2. The molecule has 1 aliphatic rings. The molecule has 0 saturated carbocycles. The zero-order chi connectivity index (χ0) is 17.1. The van der Waals surface area contributed by atoms with Crippen LogP contribution < -0.4 is 5.32 Å². The summed E-state index contributed by atoms with van der Waals surface area (Å²) in [6.07, 6.45) is 4.68. The van der Waals surface area contributed by atoms with Crippen LogP contribution in [0.1, 0.15) is 29.9 Å². The molecule has 0 unspecified atom stereocenters. The summed E-state index contributed by atoms with van der Waals surface area (Å²) in [5, 5.41) is 5.19. The van der Waals surface area contributed by atoms with Crippen molar-refractivity contribution in [1.29, 1.82) is 0 Å². The van der Waals surface area contributed by atoms with Gasteiger partial charge in [0.15, 0.2) is 0 Å². The molecule has 0 radical (unpaired) electrons. The van der Waals surface area contributed by atoms with E-state index >= 15 is 0 Å². The molecule has 1 fully saturated rings. The lowest BCUT2D eigenvalue weighted by Crippen LogP contribution is -2.42. The summed E-state index contributed by atoms with van der Waals surface area (Å²) < 4.78 is 0. The number of fused-ring (bicyclic) bond motifs is 1. The molecule has 25 heavy (non-hydrogen) atoms. The number of hydrogen-bond acceptors (Lipinski definition) is 2. The highest BCUT2D eigenvalue weighted by Crippen LogP contribution is 2.30. The van der Waals surface area contributed by atoms with Crippen molar-refractivity contribution in [2.45, 2.75) is 24.8 Å². The molecule has 1 aliphatic heterocycles. The number of nitrogens with one attached hydrogen (secondary N) is 2. The first-order valence-corrected chi connectivity index (χ1v) is 9.34. The van der Waals surface area contributed by atoms with Crippen LogP contribution in [0.2, 0.25) is 0 Å². The van der Waals surface area contributed by atoms with Crippen molar-refractivity contribution in [1.82, 2.24) is 15.2 Å². The Balaban J connectivity index is 1.59. The molecular weight excluding hydrogens is 306 g/mol. The van der Waals surface area contributed by atoms with Crippen LogP contribution in [-0.2, 0) is 0 Å². The molecule has 1 aromatic heterocycles. The van der Waals surface area contributed by atoms with E-state index in [1.807, 2.05) is 0 Å². The predicted octanol–water partition coefficient (Wildman–Crippen LogP) is 3.98. The maximum absolute atomic E-state index is 3.85. The van der Waals surface area contributed by atoms with Crippen LogP contribution in [0.4, 0.5) is 0 Å². The van der Waals surface area contributed by atoms with Gasteiger partial charge < -0.3 is 15.2 Å². The van der Waals surface area contributed by atoms with Crippen molar-refractivity contribution in [2.24, 2.45) is 0 Å². The Morgan fingerprint density at radius 1 is 1.04 bits per heavy atom. The van der Waals surface area contributed by atoms with Gasteiger partial charge in [-0.3, -0.25) is 0 Å². The van der Waals surface area contributed by atoms with Crippen molar-refractivity contribution in [3.63, 3.8) is 0 Å². The molecule has 3 aromatic rings. The van der Waals surface area contributed by atoms with Gasteiger partial charge in [-0.05, 0) is 50.2 Å². The second kappa shape index (κ2) is 7.42. The van der Waals surface area contributed by atoms with Gasteiger partial charge in [0.1, 0.15) is 0 Å². The van der Waals surface area contributed by atoms with Crippen LogP contribution >= 0.6 is 0 Å². The number of H-pyrrole nitrogens is 1. The number of piperidine rings is 1. The Labute approximate surface area is 150 Å². The van der Waals surface area contributed by atoms with Gasteiger partial charge in [0.05, 0.1) is 0 Å². The van der Waals surface area contributed by atoms with Crippen molar-refractivity contribution in [3.05, 3.63) is 71.9 Å². The van der Waals surface area contributed by atoms with Crippen molar-refractivity contribution >= 4 is 10.9 Å². The molecule has 130 valence electrons. The van der Waals surface area contributed by atoms with Gasteiger partial charge in [0, 0.05) is 35.6 Å². The third kappa shape index (κ3) is 3.63. The maximum atomic E-state index is 3.85. The maximum Gasteiger partial charge on any atom is 0.0457 e. The molecule has 1 atom stereocenters. The number of nitrogens with zero attached hydrogens (tertiary/aromatic N) is 1. The summed E-state index contributed by atoms with van der Waals surface area (Å²) in [6, 6.07) is 20.1. The molecule has 3 nitrogen and oxygen atoms in total. The SMILES string of the molecule is CN1CCC(NC[C@@H](c2ccccc2)c2c[nH]c3ccccc23)CC1. The Hall–Kier alpha value is -2.10. The van der Waals surface area contributed by atoms with Crippen LogP contribution in [0.25, 0.3) is 10.9 Å². The summed E-state index contributed by atoms with van der Waals surface area (Å²) in [4.78, 5) is 5.87. The Kier molecular flexibility index (Phi) is 4.86. The quantitative estimate of drug-likeness (QED) is 0.740. The van der Waals surface area contributed by atoms with E-state index in [9.17, 15) is 0 Å². The third-order valence-electron chi connectivity index (χ3n) is 5.53. The molecule has 1 saturated heterocycles. The first kappa shape index (κ1) is 16.4. The number of rotatable bonds is 5. The Bertz CT molecular complexity index is 800. The zero-order valence-corrected chi connectivity index (χ0v) is 14.9. The standard InChI is InChI=1S/C22H27N3/c1-25-13-11-18(12-14-25)23-15-20(17-7-3-2-4-8-17)21-16-24-22-10-6-5-9-19(21)22/h2-10,16,18,20,23-24H,11-15H2,1H3/t20-/m0/s1. The fraction of sp³-hybridized carbons (Fsp3) is 0.364. The second-order valence-corrected chi connectivity index (χ2v) is 7.24. The minimum absolute atomic E-state index is 0.372. The van der Waals surface area contributed by atoms with Crippen LogP contribution in [0.5, 0.6) is 0 Å². The van der Waals surface area contributed by atoms with E-state index in [2.05, 4.69) is 83.0 Å². The fourth-order valence-corrected chi connectivity index (χ4v) is 3.97. The number of aromatic nitrogens is 1. The number of hydrogen-bond donors (Lipinski definition) is 2. The van der Waals surface area contributed by atoms with E-state index < -0.39 is 0 Å². The average molecular weight is 333 g/mol. The minimum Gasteiger partial charge on any atom is -0.361 e. The van der Waals surface area contributed by atoms with E-state index in [4.69, 9.17) is 0 Å². The first-order valence-electron chi connectivity index (χ1n) is 9.34. The molecule has 2 N–H and O–H groups in total. The summed E-state index contributed by atoms with van der Waals surface area (Å²) in [6.45, 7) is 3.38. The predicted molar refractivity (Wildman–Crippen MR) is 105 cm³/mol. The molecule has 0 bridgehead atoms. The van der Waals surface area contributed by atoms with Crippen molar-refractivity contribution < 1.29 is 0 Å². The number of likely N-dealkylation sites (tertiary alicyclic amines) is 1. The van der Waals surface area contributed by atoms with Gasteiger partial charge in [0.2, 0.25) is 0 Å².